The average molecular weight is 669 g/mol. The van der Waals surface area contributed by atoms with Crippen molar-refractivity contribution in [2.45, 2.75) is 109 Å². The predicted molar refractivity (Wildman–Crippen MR) is 172 cm³/mol. The third kappa shape index (κ3) is 13.2. The summed E-state index contributed by atoms with van der Waals surface area (Å²) < 4.78 is 5.71. The van der Waals surface area contributed by atoms with Gasteiger partial charge in [0.1, 0.15) is 0 Å². The Morgan fingerprint density at radius 3 is 2.00 bits per heavy atom. The molecule has 4 N–H and O–H groups in total. The number of carboxylic acid groups (broad SMARTS) is 1. The van der Waals surface area contributed by atoms with E-state index in [2.05, 4.69) is 15.7 Å². The Morgan fingerprint density at radius 1 is 0.638 bits per heavy atom. The third-order valence-electron chi connectivity index (χ3n) is 11.1. The van der Waals surface area contributed by atoms with Crippen LogP contribution in [-0.2, 0) is 38.6 Å². The summed E-state index contributed by atoms with van der Waals surface area (Å²) in [5, 5.41) is 21.7. The molecule has 6 atom stereocenters. The van der Waals surface area contributed by atoms with Gasteiger partial charge in [0, 0.05) is 13.1 Å². The topological polar surface area (TPSA) is 162 Å². The minimum Gasteiger partial charge on any atom is -0.481 e. The minimum absolute atomic E-state index is 0.0316. The Balaban J connectivity index is 1.10. The summed E-state index contributed by atoms with van der Waals surface area (Å²) in [6.45, 7) is 2.93. The molecule has 1 amide bonds. The number of nitrogens with one attached hydrogen (secondary N) is 2. The predicted octanol–water partition coefficient (Wildman–Crippen LogP) is 5.31. The van der Waals surface area contributed by atoms with Crippen LogP contribution in [0.4, 0.5) is 0 Å². The van der Waals surface area contributed by atoms with Crippen molar-refractivity contribution in [3.05, 3.63) is 0 Å². The van der Waals surface area contributed by atoms with Crippen LogP contribution in [0.1, 0.15) is 109 Å². The molecule has 0 aromatic heterocycles. The minimum atomic E-state index is -0.930. The summed E-state index contributed by atoms with van der Waals surface area (Å²) in [6, 6.07) is 0. The van der Waals surface area contributed by atoms with Crippen molar-refractivity contribution in [2.75, 3.05) is 46.1 Å². The lowest BCUT2D eigenvalue weighted by Crippen LogP contribution is -2.43. The second-order valence-corrected chi connectivity index (χ2v) is 14.6. The molecule has 6 unspecified atom stereocenters. The van der Waals surface area contributed by atoms with Gasteiger partial charge in [-0.25, -0.2) is 20.1 Å². The second-order valence-electron chi connectivity index (χ2n) is 14.6. The summed E-state index contributed by atoms with van der Waals surface area (Å²) in [5.74, 6) is -1.54. The number of carbonyl (C=O) groups is 3. The fraction of sp³-hybridized carbons (Fsp3) is 0.914. The second kappa shape index (κ2) is 21.3. The zero-order valence-electron chi connectivity index (χ0n) is 28.2. The zero-order chi connectivity index (χ0) is 33.3. The SMILES string of the molecule is O=C(OCC1CCCCC1)C1CCC(COO)C(CONCCCNC(=O)C2CC(COOCC3CCCCC3)CCC2C(=O)O)C1. The van der Waals surface area contributed by atoms with Crippen LogP contribution in [0.3, 0.4) is 0 Å². The molecule has 4 aliphatic rings. The average Bonchev–Trinajstić information content (AvgIpc) is 3.10. The number of carbonyl (C=O) groups excluding carboxylic acids is 2. The van der Waals surface area contributed by atoms with Gasteiger partial charge in [0.25, 0.3) is 0 Å². The van der Waals surface area contributed by atoms with E-state index in [0.717, 1.165) is 19.3 Å². The summed E-state index contributed by atoms with van der Waals surface area (Å²) in [4.78, 5) is 59.0. The highest BCUT2D eigenvalue weighted by molar-refractivity contribution is 5.84. The number of amides is 1. The van der Waals surface area contributed by atoms with Crippen molar-refractivity contribution >= 4 is 17.8 Å². The molecule has 0 spiro atoms. The highest BCUT2D eigenvalue weighted by Gasteiger charge is 2.39. The van der Waals surface area contributed by atoms with E-state index in [0.29, 0.717) is 89.9 Å². The quantitative estimate of drug-likeness (QED) is 0.0611. The summed E-state index contributed by atoms with van der Waals surface area (Å²) in [7, 11) is 0. The van der Waals surface area contributed by atoms with Gasteiger partial charge in [-0.15, -0.1) is 0 Å². The van der Waals surface area contributed by atoms with Gasteiger partial charge < -0.3 is 20.0 Å². The Labute approximate surface area is 280 Å². The molecule has 0 aromatic carbocycles. The van der Waals surface area contributed by atoms with E-state index in [1.807, 2.05) is 0 Å². The molecule has 0 aliphatic heterocycles. The molecule has 4 aliphatic carbocycles. The lowest BCUT2D eigenvalue weighted by atomic mass is 9.74. The van der Waals surface area contributed by atoms with Crippen LogP contribution in [-0.4, -0.2) is 74.3 Å². The molecular weight excluding hydrogens is 608 g/mol. The molecule has 4 saturated carbocycles. The molecule has 47 heavy (non-hydrogen) atoms. The van der Waals surface area contributed by atoms with Gasteiger partial charge in [0.2, 0.25) is 5.91 Å². The van der Waals surface area contributed by atoms with Crippen LogP contribution < -0.4 is 10.8 Å². The van der Waals surface area contributed by atoms with Gasteiger partial charge >= 0.3 is 11.9 Å². The van der Waals surface area contributed by atoms with Crippen molar-refractivity contribution in [3.63, 3.8) is 0 Å². The van der Waals surface area contributed by atoms with Gasteiger partial charge in [-0.1, -0.05) is 38.5 Å². The zero-order valence-corrected chi connectivity index (χ0v) is 28.2. The Kier molecular flexibility index (Phi) is 17.2. The Morgan fingerprint density at radius 2 is 1.32 bits per heavy atom. The number of hydroxylamine groups is 1. The van der Waals surface area contributed by atoms with Crippen LogP contribution >= 0.6 is 0 Å². The maximum atomic E-state index is 13.0. The van der Waals surface area contributed by atoms with E-state index in [-0.39, 0.29) is 42.2 Å². The molecular formula is C35H60N2O10. The number of carboxylic acids is 1. The standard InChI is InChI=1S/C35H60N2O10/c38-33(32-18-27(12-15-31(32)34(39)40)22-47-46-21-26-10-5-2-6-11-26)36-16-7-17-37-44-23-30-19-28(13-14-29(30)24-45-42)35(41)43-20-25-8-3-1-4-9-25/h25-32,37,42H,1-24H2,(H,36,38)(H,39,40). The fourth-order valence-corrected chi connectivity index (χ4v) is 8.11. The van der Waals surface area contributed by atoms with E-state index >= 15 is 0 Å². The number of rotatable bonds is 19. The molecule has 0 aromatic rings. The molecule has 12 nitrogen and oxygen atoms in total. The lowest BCUT2D eigenvalue weighted by molar-refractivity contribution is -0.310. The van der Waals surface area contributed by atoms with Gasteiger partial charge in [0.05, 0.1) is 50.8 Å². The fourth-order valence-electron chi connectivity index (χ4n) is 8.11. The van der Waals surface area contributed by atoms with Crippen LogP contribution in [0.5, 0.6) is 0 Å². The molecule has 270 valence electrons. The maximum absolute atomic E-state index is 13.0. The van der Waals surface area contributed by atoms with E-state index in [4.69, 9.17) is 24.6 Å². The van der Waals surface area contributed by atoms with E-state index < -0.39 is 17.8 Å². The van der Waals surface area contributed by atoms with Gasteiger partial charge in [-0.3, -0.25) is 19.6 Å². The Bertz CT molecular complexity index is 926. The smallest absolute Gasteiger partial charge is 0.308 e. The van der Waals surface area contributed by atoms with E-state index in [9.17, 15) is 19.5 Å². The molecule has 0 radical (unpaired) electrons. The number of hydrogen-bond acceptors (Lipinski definition) is 10. The number of ether oxygens (including phenoxy) is 1. The summed E-state index contributed by atoms with van der Waals surface area (Å²) >= 11 is 0. The van der Waals surface area contributed by atoms with Crippen molar-refractivity contribution < 1.29 is 49.0 Å². The first-order valence-electron chi connectivity index (χ1n) is 18.5. The van der Waals surface area contributed by atoms with Crippen LogP contribution in [0.25, 0.3) is 0 Å². The number of aliphatic carboxylic acids is 1. The van der Waals surface area contributed by atoms with Gasteiger partial charge in [-0.05, 0) is 100 Å². The highest BCUT2D eigenvalue weighted by atomic mass is 17.2. The first-order valence-corrected chi connectivity index (χ1v) is 18.5. The molecule has 0 saturated heterocycles. The number of esters is 1. The molecule has 4 fully saturated rings. The van der Waals surface area contributed by atoms with Gasteiger partial charge in [0.15, 0.2) is 0 Å². The Hall–Kier alpha value is -1.83. The normalized spacial score (nSPS) is 29.3. The molecule has 0 heterocycles. The summed E-state index contributed by atoms with van der Waals surface area (Å²) in [6.07, 6.45) is 16.4. The van der Waals surface area contributed by atoms with E-state index in [1.165, 1.54) is 51.4 Å². The number of hydrogen-bond donors (Lipinski definition) is 4. The largest absolute Gasteiger partial charge is 0.481 e. The summed E-state index contributed by atoms with van der Waals surface area (Å²) in [5.41, 5.74) is 2.95. The third-order valence-corrected chi connectivity index (χ3v) is 11.1. The van der Waals surface area contributed by atoms with Crippen LogP contribution in [0.15, 0.2) is 0 Å². The van der Waals surface area contributed by atoms with Crippen LogP contribution in [0.2, 0.25) is 0 Å². The van der Waals surface area contributed by atoms with E-state index in [1.54, 1.807) is 0 Å². The highest BCUT2D eigenvalue weighted by Crippen LogP contribution is 2.36. The first kappa shape index (κ1) is 38.0. The van der Waals surface area contributed by atoms with Gasteiger partial charge in [-0.2, -0.15) is 0 Å². The van der Waals surface area contributed by atoms with Crippen molar-refractivity contribution in [1.29, 1.82) is 0 Å². The maximum Gasteiger partial charge on any atom is 0.308 e. The van der Waals surface area contributed by atoms with Crippen LogP contribution in [0, 0.1) is 47.3 Å². The van der Waals surface area contributed by atoms with Crippen molar-refractivity contribution in [2.24, 2.45) is 47.3 Å². The monoisotopic (exact) mass is 668 g/mol. The lowest BCUT2D eigenvalue weighted by Gasteiger charge is -2.34. The first-order chi connectivity index (χ1) is 22.9. The van der Waals surface area contributed by atoms with Crippen molar-refractivity contribution in [3.8, 4) is 0 Å². The van der Waals surface area contributed by atoms with Crippen molar-refractivity contribution in [1.82, 2.24) is 10.8 Å². The molecule has 4 rings (SSSR count). The molecule has 12 heteroatoms. The molecule has 0 bridgehead atoms.